The highest BCUT2D eigenvalue weighted by atomic mass is 16.6. The number of carbonyl (C=O) groups is 2. The van der Waals surface area contributed by atoms with Crippen LogP contribution in [-0.2, 0) is 18.3 Å². The summed E-state index contributed by atoms with van der Waals surface area (Å²) < 4.78 is 1.36. The molecular weight excluding hydrogens is 460 g/mol. The summed E-state index contributed by atoms with van der Waals surface area (Å²) in [6.07, 6.45) is 1.68. The van der Waals surface area contributed by atoms with Crippen molar-refractivity contribution in [3.63, 3.8) is 0 Å². The number of rotatable bonds is 7. The Morgan fingerprint density at radius 3 is 2.36 bits per heavy atom. The van der Waals surface area contributed by atoms with Gasteiger partial charge in [0.25, 0.3) is 17.2 Å². The van der Waals surface area contributed by atoms with Crippen molar-refractivity contribution >= 4 is 45.9 Å². The molecule has 3 aromatic carbocycles. The van der Waals surface area contributed by atoms with Crippen molar-refractivity contribution in [2.24, 2.45) is 7.05 Å². The number of aromatic nitrogens is 1. The minimum Gasteiger partial charge on any atom is -0.325 e. The first kappa shape index (κ1) is 24.1. The number of carbonyl (C=O) groups excluding carboxylic acids is 2. The van der Waals surface area contributed by atoms with Crippen molar-refractivity contribution in [1.29, 1.82) is 0 Å². The second-order valence-corrected chi connectivity index (χ2v) is 8.09. The first-order valence-electron chi connectivity index (χ1n) is 11.0. The van der Waals surface area contributed by atoms with Gasteiger partial charge in [-0.1, -0.05) is 43.0 Å². The molecule has 2 N–H and O–H groups in total. The van der Waals surface area contributed by atoms with Gasteiger partial charge in [0, 0.05) is 30.3 Å². The number of anilines is 2. The lowest BCUT2D eigenvalue weighted by molar-refractivity contribution is -0.384. The van der Waals surface area contributed by atoms with Crippen molar-refractivity contribution in [1.82, 2.24) is 4.57 Å². The Morgan fingerprint density at radius 1 is 1.03 bits per heavy atom. The topological polar surface area (TPSA) is 123 Å². The van der Waals surface area contributed by atoms with Gasteiger partial charge in [-0.3, -0.25) is 24.5 Å². The highest BCUT2D eigenvalue weighted by molar-refractivity contribution is 6.08. The zero-order valence-electron chi connectivity index (χ0n) is 19.4. The molecule has 1 aromatic heterocycles. The van der Waals surface area contributed by atoms with Crippen LogP contribution in [0.3, 0.4) is 0 Å². The molecule has 0 unspecified atom stereocenters. The Labute approximate surface area is 205 Å². The van der Waals surface area contributed by atoms with Crippen LogP contribution in [0.25, 0.3) is 17.0 Å². The van der Waals surface area contributed by atoms with Gasteiger partial charge in [0.15, 0.2) is 0 Å². The van der Waals surface area contributed by atoms with E-state index in [1.807, 2.05) is 0 Å². The fraction of sp³-hybridized carbons (Fsp3) is 0.0741. The van der Waals surface area contributed by atoms with Gasteiger partial charge < -0.3 is 15.2 Å². The maximum atomic E-state index is 13.0. The van der Waals surface area contributed by atoms with E-state index < -0.39 is 16.4 Å². The minimum absolute atomic E-state index is 0.00576. The van der Waals surface area contributed by atoms with Crippen LogP contribution in [0.5, 0.6) is 0 Å². The fourth-order valence-electron chi connectivity index (χ4n) is 3.78. The number of benzene rings is 3. The van der Waals surface area contributed by atoms with Gasteiger partial charge in [0.05, 0.1) is 22.5 Å². The van der Waals surface area contributed by atoms with Crippen molar-refractivity contribution < 1.29 is 14.5 Å². The molecule has 0 aliphatic carbocycles. The van der Waals surface area contributed by atoms with Crippen LogP contribution >= 0.6 is 0 Å². The molecule has 9 nitrogen and oxygen atoms in total. The van der Waals surface area contributed by atoms with Crippen LogP contribution < -0.4 is 16.2 Å². The summed E-state index contributed by atoms with van der Waals surface area (Å²) in [6.45, 7) is 3.70. The van der Waals surface area contributed by atoms with Crippen molar-refractivity contribution in [3.05, 3.63) is 117 Å². The standard InChI is InChI=1S/C27H22N4O5/c1-3-17-7-11-19(12-8-17)28-26(33)22-16-21-23(5-4-6-24(21)30(2)27(22)34)29-25(32)15-18-9-13-20(14-10-18)31(35)36/h3-14,16H,1,15H2,2H3,(H,28,33)(H,29,32). The lowest BCUT2D eigenvalue weighted by Gasteiger charge is -2.13. The highest BCUT2D eigenvalue weighted by Gasteiger charge is 2.17. The number of aryl methyl sites for hydroxylation is 1. The van der Waals surface area contributed by atoms with Crippen LogP contribution in [0.4, 0.5) is 17.1 Å². The van der Waals surface area contributed by atoms with E-state index in [0.29, 0.717) is 27.8 Å². The SMILES string of the molecule is C=Cc1ccc(NC(=O)c2cc3c(NC(=O)Cc4ccc([N+](=O)[O-])cc4)cccc3n(C)c2=O)cc1. The number of pyridine rings is 1. The third-order valence-corrected chi connectivity index (χ3v) is 5.70. The maximum absolute atomic E-state index is 13.0. The Morgan fingerprint density at radius 2 is 1.72 bits per heavy atom. The zero-order chi connectivity index (χ0) is 25.8. The molecule has 0 saturated heterocycles. The molecule has 9 heteroatoms. The number of nitrogens with zero attached hydrogens (tertiary/aromatic N) is 2. The molecule has 0 fully saturated rings. The quantitative estimate of drug-likeness (QED) is 0.296. The van der Waals surface area contributed by atoms with E-state index in [1.165, 1.54) is 34.9 Å². The summed E-state index contributed by atoms with van der Waals surface area (Å²) in [5.74, 6) is -0.922. The van der Waals surface area contributed by atoms with Crippen LogP contribution in [0, 0.1) is 10.1 Å². The largest absolute Gasteiger partial charge is 0.325 e. The number of hydrogen-bond acceptors (Lipinski definition) is 5. The number of nitro benzene ring substituents is 1. The summed E-state index contributed by atoms with van der Waals surface area (Å²) in [4.78, 5) is 48.9. The summed E-state index contributed by atoms with van der Waals surface area (Å²) in [6, 6.07) is 19.3. The predicted molar refractivity (Wildman–Crippen MR) is 139 cm³/mol. The van der Waals surface area contributed by atoms with Gasteiger partial charge in [0.2, 0.25) is 5.91 Å². The predicted octanol–water partition coefficient (Wildman–Crippen LogP) is 4.52. The van der Waals surface area contributed by atoms with E-state index in [2.05, 4.69) is 17.2 Å². The van der Waals surface area contributed by atoms with Crippen LogP contribution in [0.1, 0.15) is 21.5 Å². The molecular formula is C27H22N4O5. The third-order valence-electron chi connectivity index (χ3n) is 5.70. The minimum atomic E-state index is -0.573. The lowest BCUT2D eigenvalue weighted by Crippen LogP contribution is -2.28. The number of nitrogens with one attached hydrogen (secondary N) is 2. The molecule has 0 spiro atoms. The summed E-state index contributed by atoms with van der Waals surface area (Å²) in [5.41, 5.74) is 2.39. The normalized spacial score (nSPS) is 10.6. The molecule has 4 aromatic rings. The Kier molecular flexibility index (Phi) is 6.73. The van der Waals surface area contributed by atoms with Gasteiger partial charge in [0.1, 0.15) is 5.56 Å². The summed E-state index contributed by atoms with van der Waals surface area (Å²) in [7, 11) is 1.56. The van der Waals surface area contributed by atoms with Gasteiger partial charge in [-0.15, -0.1) is 0 Å². The van der Waals surface area contributed by atoms with E-state index in [1.54, 1.807) is 55.6 Å². The molecule has 36 heavy (non-hydrogen) atoms. The highest BCUT2D eigenvalue weighted by Crippen LogP contribution is 2.24. The first-order chi connectivity index (χ1) is 17.3. The van der Waals surface area contributed by atoms with Gasteiger partial charge in [-0.2, -0.15) is 0 Å². The second-order valence-electron chi connectivity index (χ2n) is 8.09. The fourth-order valence-corrected chi connectivity index (χ4v) is 3.78. The Balaban J connectivity index is 1.61. The van der Waals surface area contributed by atoms with Crippen LogP contribution in [0.15, 0.2) is 84.2 Å². The number of fused-ring (bicyclic) bond motifs is 1. The average molecular weight is 482 g/mol. The molecule has 0 saturated carbocycles. The summed E-state index contributed by atoms with van der Waals surface area (Å²) >= 11 is 0. The number of hydrogen-bond donors (Lipinski definition) is 2. The molecule has 0 aliphatic heterocycles. The summed E-state index contributed by atoms with van der Waals surface area (Å²) in [5, 5.41) is 16.9. The van der Waals surface area contributed by atoms with E-state index in [4.69, 9.17) is 0 Å². The Bertz CT molecular complexity index is 1550. The zero-order valence-corrected chi connectivity index (χ0v) is 19.4. The van der Waals surface area contributed by atoms with Gasteiger partial charge in [-0.25, -0.2) is 0 Å². The van der Waals surface area contributed by atoms with Crippen LogP contribution in [0.2, 0.25) is 0 Å². The van der Waals surface area contributed by atoms with Crippen LogP contribution in [-0.4, -0.2) is 21.3 Å². The second kappa shape index (κ2) is 10.1. The molecule has 1 heterocycles. The lowest BCUT2D eigenvalue weighted by atomic mass is 10.1. The molecule has 0 bridgehead atoms. The molecule has 2 amide bonds. The molecule has 0 atom stereocenters. The Hall–Kier alpha value is -5.05. The number of non-ortho nitro benzene ring substituents is 1. The van der Waals surface area contributed by atoms with Crippen molar-refractivity contribution in [2.75, 3.05) is 10.6 Å². The monoisotopic (exact) mass is 482 g/mol. The molecule has 0 aliphatic rings. The number of nitro groups is 1. The van der Waals surface area contributed by atoms with Crippen molar-refractivity contribution in [2.45, 2.75) is 6.42 Å². The average Bonchev–Trinajstić information content (AvgIpc) is 2.87. The van der Waals surface area contributed by atoms with Crippen molar-refractivity contribution in [3.8, 4) is 0 Å². The maximum Gasteiger partial charge on any atom is 0.269 e. The van der Waals surface area contributed by atoms with E-state index in [9.17, 15) is 24.5 Å². The molecule has 180 valence electrons. The van der Waals surface area contributed by atoms with Gasteiger partial charge >= 0.3 is 0 Å². The van der Waals surface area contributed by atoms with Gasteiger partial charge in [-0.05, 0) is 41.5 Å². The van der Waals surface area contributed by atoms with E-state index in [-0.39, 0.29) is 23.6 Å². The first-order valence-corrected chi connectivity index (χ1v) is 11.0. The smallest absolute Gasteiger partial charge is 0.269 e. The molecule has 4 rings (SSSR count). The third kappa shape index (κ3) is 5.05. The van der Waals surface area contributed by atoms with E-state index in [0.717, 1.165) is 5.56 Å². The van der Waals surface area contributed by atoms with E-state index >= 15 is 0 Å². The molecule has 0 radical (unpaired) electrons. The number of amides is 2.